The zero-order valence-electron chi connectivity index (χ0n) is 14.0. The molecule has 0 atom stereocenters. The number of carbonyl (C=O) groups is 1. The Labute approximate surface area is 154 Å². The van der Waals surface area contributed by atoms with Crippen LogP contribution in [0.25, 0.3) is 22.2 Å². The van der Waals surface area contributed by atoms with Gasteiger partial charge in [-0.3, -0.25) is 9.48 Å². The second-order valence-electron chi connectivity index (χ2n) is 6.04. The molecule has 7 heteroatoms. The average molecular weight is 366 g/mol. The van der Waals surface area contributed by atoms with Gasteiger partial charge in [-0.25, -0.2) is 4.98 Å². The van der Waals surface area contributed by atoms with E-state index in [4.69, 9.17) is 11.6 Å². The van der Waals surface area contributed by atoms with Gasteiger partial charge in [0.15, 0.2) is 0 Å². The topological polar surface area (TPSA) is 75.6 Å². The first-order chi connectivity index (χ1) is 12.6. The van der Waals surface area contributed by atoms with Crippen molar-refractivity contribution in [1.29, 1.82) is 0 Å². The van der Waals surface area contributed by atoms with Crippen LogP contribution in [0.4, 0.5) is 5.69 Å². The van der Waals surface area contributed by atoms with Crippen LogP contribution in [0.5, 0.6) is 0 Å². The van der Waals surface area contributed by atoms with Crippen molar-refractivity contribution in [3.8, 4) is 11.1 Å². The third-order valence-corrected chi connectivity index (χ3v) is 4.48. The van der Waals surface area contributed by atoms with Crippen molar-refractivity contribution >= 4 is 34.2 Å². The number of hydrogen-bond donors (Lipinski definition) is 2. The highest BCUT2D eigenvalue weighted by atomic mass is 35.5. The van der Waals surface area contributed by atoms with Crippen molar-refractivity contribution in [1.82, 2.24) is 19.7 Å². The standard InChI is InChI=1S/C19H16ClN5O/c1-25-11-14(10-23-25)12-6-15-13(9-22-19(15)21-8-12)7-18(26)24-17-5-3-2-4-16(17)20/h2-6,8-11H,7H2,1H3,(H,21,22)(H,24,26). The Balaban J connectivity index is 1.60. The third kappa shape index (κ3) is 3.19. The molecule has 0 fully saturated rings. The van der Waals surface area contributed by atoms with Gasteiger partial charge in [0.05, 0.1) is 23.3 Å². The molecule has 1 amide bonds. The normalized spacial score (nSPS) is 11.0. The fourth-order valence-electron chi connectivity index (χ4n) is 2.86. The molecule has 0 aliphatic heterocycles. The number of aromatic amines is 1. The Morgan fingerprint density at radius 2 is 2.12 bits per heavy atom. The molecule has 0 radical (unpaired) electrons. The minimum Gasteiger partial charge on any atom is -0.346 e. The van der Waals surface area contributed by atoms with Crippen LogP contribution < -0.4 is 5.32 Å². The molecular formula is C19H16ClN5O. The Kier molecular flexibility index (Phi) is 4.18. The summed E-state index contributed by atoms with van der Waals surface area (Å²) in [5, 5.41) is 8.47. The number of nitrogens with one attached hydrogen (secondary N) is 2. The number of para-hydroxylation sites is 1. The number of aromatic nitrogens is 4. The summed E-state index contributed by atoms with van der Waals surface area (Å²) in [5.41, 5.74) is 4.17. The molecule has 1 aromatic carbocycles. The Bertz CT molecular complexity index is 1100. The number of fused-ring (bicyclic) bond motifs is 1. The zero-order chi connectivity index (χ0) is 18.1. The number of hydrogen-bond acceptors (Lipinski definition) is 3. The lowest BCUT2D eigenvalue weighted by atomic mass is 10.1. The van der Waals surface area contributed by atoms with Crippen LogP contribution in [0.1, 0.15) is 5.56 Å². The van der Waals surface area contributed by atoms with Crippen LogP contribution in [0, 0.1) is 0 Å². The van der Waals surface area contributed by atoms with Gasteiger partial charge >= 0.3 is 0 Å². The first kappa shape index (κ1) is 16.4. The lowest BCUT2D eigenvalue weighted by Gasteiger charge is -2.06. The van der Waals surface area contributed by atoms with Gasteiger partial charge in [-0.05, 0) is 23.8 Å². The number of nitrogens with zero attached hydrogens (tertiary/aromatic N) is 3. The van der Waals surface area contributed by atoms with Crippen molar-refractivity contribution < 1.29 is 4.79 Å². The number of amides is 1. The molecule has 0 aliphatic carbocycles. The maximum absolute atomic E-state index is 12.4. The summed E-state index contributed by atoms with van der Waals surface area (Å²) in [5.74, 6) is -0.134. The van der Waals surface area contributed by atoms with Crippen LogP contribution in [0.2, 0.25) is 5.02 Å². The van der Waals surface area contributed by atoms with E-state index in [9.17, 15) is 4.79 Å². The van der Waals surface area contributed by atoms with Crippen LogP contribution in [0.3, 0.4) is 0 Å². The maximum Gasteiger partial charge on any atom is 0.228 e. The first-order valence-electron chi connectivity index (χ1n) is 8.09. The van der Waals surface area contributed by atoms with Gasteiger partial charge in [-0.15, -0.1) is 0 Å². The molecule has 0 bridgehead atoms. The lowest BCUT2D eigenvalue weighted by molar-refractivity contribution is -0.115. The lowest BCUT2D eigenvalue weighted by Crippen LogP contribution is -2.14. The highest BCUT2D eigenvalue weighted by Gasteiger charge is 2.12. The number of benzene rings is 1. The van der Waals surface area contributed by atoms with Crippen LogP contribution in [-0.2, 0) is 18.3 Å². The summed E-state index contributed by atoms with van der Waals surface area (Å²) < 4.78 is 1.74. The van der Waals surface area contributed by atoms with Gasteiger partial charge in [0.25, 0.3) is 0 Å². The molecule has 3 aromatic heterocycles. The van der Waals surface area contributed by atoms with Gasteiger partial charge in [0.1, 0.15) is 5.65 Å². The van der Waals surface area contributed by atoms with Gasteiger partial charge in [0, 0.05) is 42.2 Å². The van der Waals surface area contributed by atoms with E-state index >= 15 is 0 Å². The molecule has 6 nitrogen and oxygen atoms in total. The van der Waals surface area contributed by atoms with E-state index in [0.717, 1.165) is 27.7 Å². The molecule has 0 aliphatic rings. The highest BCUT2D eigenvalue weighted by Crippen LogP contribution is 2.25. The van der Waals surface area contributed by atoms with Gasteiger partial charge in [-0.2, -0.15) is 5.10 Å². The largest absolute Gasteiger partial charge is 0.346 e. The zero-order valence-corrected chi connectivity index (χ0v) is 14.8. The van der Waals surface area contributed by atoms with E-state index < -0.39 is 0 Å². The van der Waals surface area contributed by atoms with Crippen LogP contribution >= 0.6 is 11.6 Å². The van der Waals surface area contributed by atoms with Crippen LogP contribution in [0.15, 0.2) is 55.1 Å². The molecule has 2 N–H and O–H groups in total. The molecule has 26 heavy (non-hydrogen) atoms. The van der Waals surface area contributed by atoms with Crippen molar-refractivity contribution in [3.05, 3.63) is 65.7 Å². The molecule has 3 heterocycles. The molecule has 4 rings (SSSR count). The van der Waals surface area contributed by atoms with E-state index in [1.54, 1.807) is 29.2 Å². The fourth-order valence-corrected chi connectivity index (χ4v) is 3.05. The van der Waals surface area contributed by atoms with Crippen molar-refractivity contribution in [2.75, 3.05) is 5.32 Å². The monoisotopic (exact) mass is 365 g/mol. The molecule has 0 spiro atoms. The first-order valence-corrected chi connectivity index (χ1v) is 8.47. The van der Waals surface area contributed by atoms with E-state index in [1.165, 1.54) is 0 Å². The number of rotatable bonds is 4. The summed E-state index contributed by atoms with van der Waals surface area (Å²) in [6, 6.07) is 9.19. The summed E-state index contributed by atoms with van der Waals surface area (Å²) in [6.45, 7) is 0. The minimum atomic E-state index is -0.134. The average Bonchev–Trinajstić information content (AvgIpc) is 3.23. The van der Waals surface area contributed by atoms with Crippen molar-refractivity contribution in [3.63, 3.8) is 0 Å². The van der Waals surface area contributed by atoms with E-state index in [0.29, 0.717) is 10.7 Å². The minimum absolute atomic E-state index is 0.134. The second kappa shape index (κ2) is 6.65. The Morgan fingerprint density at radius 1 is 1.27 bits per heavy atom. The molecule has 0 saturated heterocycles. The number of carbonyl (C=O) groups excluding carboxylic acids is 1. The van der Waals surface area contributed by atoms with Gasteiger partial charge in [-0.1, -0.05) is 23.7 Å². The number of anilines is 1. The van der Waals surface area contributed by atoms with E-state index in [1.807, 2.05) is 37.6 Å². The van der Waals surface area contributed by atoms with Crippen molar-refractivity contribution in [2.45, 2.75) is 6.42 Å². The van der Waals surface area contributed by atoms with E-state index in [-0.39, 0.29) is 12.3 Å². The predicted molar refractivity (Wildman–Crippen MR) is 102 cm³/mol. The Morgan fingerprint density at radius 3 is 2.88 bits per heavy atom. The smallest absolute Gasteiger partial charge is 0.228 e. The molecule has 0 unspecified atom stereocenters. The number of halogens is 1. The summed E-state index contributed by atoms with van der Waals surface area (Å²) in [6.07, 6.45) is 7.56. The number of pyridine rings is 1. The van der Waals surface area contributed by atoms with Gasteiger partial charge in [0.2, 0.25) is 5.91 Å². The maximum atomic E-state index is 12.4. The Hall–Kier alpha value is -3.12. The predicted octanol–water partition coefficient (Wildman–Crippen LogP) is 3.80. The molecular weight excluding hydrogens is 350 g/mol. The molecule has 0 saturated carbocycles. The molecule has 4 aromatic rings. The van der Waals surface area contributed by atoms with E-state index in [2.05, 4.69) is 20.4 Å². The van der Waals surface area contributed by atoms with Gasteiger partial charge < -0.3 is 10.3 Å². The SMILES string of the molecule is Cn1cc(-c2cnc3[nH]cc(CC(=O)Nc4ccccc4Cl)c3c2)cn1. The summed E-state index contributed by atoms with van der Waals surface area (Å²) in [7, 11) is 1.87. The third-order valence-electron chi connectivity index (χ3n) is 4.15. The summed E-state index contributed by atoms with van der Waals surface area (Å²) in [4.78, 5) is 20.0. The highest BCUT2D eigenvalue weighted by molar-refractivity contribution is 6.33. The van der Waals surface area contributed by atoms with Crippen molar-refractivity contribution in [2.24, 2.45) is 7.05 Å². The molecule has 130 valence electrons. The van der Waals surface area contributed by atoms with Crippen LogP contribution in [-0.4, -0.2) is 25.7 Å². The number of H-pyrrole nitrogens is 1. The second-order valence-corrected chi connectivity index (χ2v) is 6.45. The quantitative estimate of drug-likeness (QED) is 0.577. The number of aryl methyl sites for hydroxylation is 1. The summed E-state index contributed by atoms with van der Waals surface area (Å²) >= 11 is 6.10. The fraction of sp³-hybridized carbons (Fsp3) is 0.105.